The molecule has 0 atom stereocenters. The lowest BCUT2D eigenvalue weighted by atomic mass is 10.1. The van der Waals surface area contributed by atoms with Gasteiger partial charge >= 0.3 is 0 Å². The highest BCUT2D eigenvalue weighted by atomic mass is 19.1. The number of nitrogens with zero attached hydrogens (tertiary/aromatic N) is 2. The lowest BCUT2D eigenvalue weighted by molar-refractivity contribution is -0.384. The molecule has 0 saturated heterocycles. The SMILES string of the molecule is CCN(CC(=O)NC)C(=O)c1cc([N+](=O)[O-])ccc1F. The average Bonchev–Trinajstić information content (AvgIpc) is 2.43. The summed E-state index contributed by atoms with van der Waals surface area (Å²) in [7, 11) is 1.41. The van der Waals surface area contributed by atoms with Gasteiger partial charge in [0.05, 0.1) is 17.0 Å². The molecule has 8 heteroatoms. The molecule has 0 saturated carbocycles. The number of likely N-dealkylation sites (N-methyl/N-ethyl adjacent to an activating group) is 2. The molecule has 2 amide bonds. The summed E-state index contributed by atoms with van der Waals surface area (Å²) in [6.45, 7) is 1.55. The molecule has 0 aliphatic heterocycles. The van der Waals surface area contributed by atoms with Crippen molar-refractivity contribution in [2.45, 2.75) is 6.92 Å². The van der Waals surface area contributed by atoms with Crippen molar-refractivity contribution in [3.8, 4) is 0 Å². The zero-order chi connectivity index (χ0) is 15.3. The molecule has 7 nitrogen and oxygen atoms in total. The highest BCUT2D eigenvalue weighted by Crippen LogP contribution is 2.18. The van der Waals surface area contributed by atoms with Crippen molar-refractivity contribution in [3.05, 3.63) is 39.7 Å². The number of nitro benzene ring substituents is 1. The van der Waals surface area contributed by atoms with E-state index in [9.17, 15) is 24.1 Å². The predicted molar refractivity (Wildman–Crippen MR) is 68.7 cm³/mol. The molecule has 0 aliphatic carbocycles. The quantitative estimate of drug-likeness (QED) is 0.643. The van der Waals surface area contributed by atoms with Crippen molar-refractivity contribution in [1.29, 1.82) is 0 Å². The lowest BCUT2D eigenvalue weighted by Gasteiger charge is -2.20. The maximum Gasteiger partial charge on any atom is 0.270 e. The van der Waals surface area contributed by atoms with Gasteiger partial charge in [-0.05, 0) is 13.0 Å². The van der Waals surface area contributed by atoms with Crippen LogP contribution in [0.2, 0.25) is 0 Å². The zero-order valence-corrected chi connectivity index (χ0v) is 11.1. The van der Waals surface area contributed by atoms with E-state index in [1.165, 1.54) is 7.05 Å². The fourth-order valence-electron chi connectivity index (χ4n) is 1.54. The number of nitrogens with one attached hydrogen (secondary N) is 1. The molecular formula is C12H14FN3O4. The normalized spacial score (nSPS) is 9.95. The van der Waals surface area contributed by atoms with E-state index in [-0.39, 0.29) is 18.8 Å². The highest BCUT2D eigenvalue weighted by molar-refractivity contribution is 5.97. The molecule has 0 spiro atoms. The van der Waals surface area contributed by atoms with E-state index in [4.69, 9.17) is 0 Å². The summed E-state index contributed by atoms with van der Waals surface area (Å²) >= 11 is 0. The van der Waals surface area contributed by atoms with Crippen LogP contribution in [0.4, 0.5) is 10.1 Å². The second-order valence-electron chi connectivity index (χ2n) is 3.91. The molecule has 0 aromatic heterocycles. The molecule has 1 aromatic rings. The number of amides is 2. The first-order valence-corrected chi connectivity index (χ1v) is 5.84. The molecule has 0 bridgehead atoms. The molecule has 108 valence electrons. The Hall–Kier alpha value is -2.51. The van der Waals surface area contributed by atoms with Crippen LogP contribution in [0.15, 0.2) is 18.2 Å². The van der Waals surface area contributed by atoms with E-state index in [1.807, 2.05) is 0 Å². The number of carbonyl (C=O) groups is 2. The molecule has 0 aliphatic rings. The number of benzene rings is 1. The molecule has 0 unspecified atom stereocenters. The topological polar surface area (TPSA) is 92.6 Å². The van der Waals surface area contributed by atoms with Crippen molar-refractivity contribution < 1.29 is 18.9 Å². The number of hydrogen-bond acceptors (Lipinski definition) is 4. The summed E-state index contributed by atoms with van der Waals surface area (Å²) in [4.78, 5) is 34.4. The number of non-ortho nitro benzene ring substituents is 1. The Kier molecular flexibility index (Phi) is 5.13. The van der Waals surface area contributed by atoms with Gasteiger partial charge in [0.2, 0.25) is 5.91 Å². The van der Waals surface area contributed by atoms with Gasteiger partial charge in [-0.25, -0.2) is 4.39 Å². The number of nitro groups is 1. The van der Waals surface area contributed by atoms with E-state index in [0.717, 1.165) is 23.1 Å². The van der Waals surface area contributed by atoms with Gasteiger partial charge in [-0.1, -0.05) is 0 Å². The maximum absolute atomic E-state index is 13.6. The van der Waals surface area contributed by atoms with Gasteiger partial charge in [-0.15, -0.1) is 0 Å². The summed E-state index contributed by atoms with van der Waals surface area (Å²) in [5.41, 5.74) is -0.810. The Bertz CT molecular complexity index is 548. The molecule has 0 heterocycles. The van der Waals surface area contributed by atoms with Crippen molar-refractivity contribution in [3.63, 3.8) is 0 Å². The van der Waals surface area contributed by atoms with Crippen LogP contribution in [0.3, 0.4) is 0 Å². The van der Waals surface area contributed by atoms with E-state index in [2.05, 4.69) is 5.32 Å². The number of halogens is 1. The van der Waals surface area contributed by atoms with E-state index >= 15 is 0 Å². The highest BCUT2D eigenvalue weighted by Gasteiger charge is 2.22. The summed E-state index contributed by atoms with van der Waals surface area (Å²) in [5.74, 6) is -2.04. The van der Waals surface area contributed by atoms with Gasteiger partial charge in [0.25, 0.3) is 11.6 Å². The van der Waals surface area contributed by atoms with Crippen molar-refractivity contribution in [1.82, 2.24) is 10.2 Å². The van der Waals surface area contributed by atoms with Gasteiger partial charge in [-0.3, -0.25) is 19.7 Å². The smallest absolute Gasteiger partial charge is 0.270 e. The van der Waals surface area contributed by atoms with Crippen LogP contribution in [-0.2, 0) is 4.79 Å². The third kappa shape index (κ3) is 3.50. The fraction of sp³-hybridized carbons (Fsp3) is 0.333. The van der Waals surface area contributed by atoms with Crippen LogP contribution in [-0.4, -0.2) is 41.8 Å². The van der Waals surface area contributed by atoms with Crippen LogP contribution in [0, 0.1) is 15.9 Å². The van der Waals surface area contributed by atoms with Crippen LogP contribution >= 0.6 is 0 Å². The Labute approximate surface area is 114 Å². The molecule has 0 radical (unpaired) electrons. The maximum atomic E-state index is 13.6. The third-order valence-electron chi connectivity index (χ3n) is 2.67. The van der Waals surface area contributed by atoms with Crippen LogP contribution < -0.4 is 5.32 Å². The third-order valence-corrected chi connectivity index (χ3v) is 2.67. The average molecular weight is 283 g/mol. The summed E-state index contributed by atoms with van der Waals surface area (Å²) in [6, 6.07) is 2.70. The Balaban J connectivity index is 3.08. The molecule has 0 fully saturated rings. The first-order chi connectivity index (χ1) is 9.40. The Morgan fingerprint density at radius 2 is 2.10 bits per heavy atom. The minimum atomic E-state index is -0.865. The second kappa shape index (κ2) is 6.60. The van der Waals surface area contributed by atoms with Crippen LogP contribution in [0.1, 0.15) is 17.3 Å². The monoisotopic (exact) mass is 283 g/mol. The largest absolute Gasteiger partial charge is 0.358 e. The molecule has 1 aromatic carbocycles. The Morgan fingerprint density at radius 1 is 1.45 bits per heavy atom. The molecule has 1 rings (SSSR count). The zero-order valence-electron chi connectivity index (χ0n) is 11.1. The van der Waals surface area contributed by atoms with Crippen molar-refractivity contribution in [2.24, 2.45) is 0 Å². The van der Waals surface area contributed by atoms with E-state index in [1.54, 1.807) is 6.92 Å². The van der Waals surface area contributed by atoms with Gasteiger partial charge in [0, 0.05) is 25.7 Å². The molecule has 20 heavy (non-hydrogen) atoms. The second-order valence-corrected chi connectivity index (χ2v) is 3.91. The van der Waals surface area contributed by atoms with E-state index < -0.39 is 28.1 Å². The number of carbonyl (C=O) groups excluding carboxylic acids is 2. The summed E-state index contributed by atoms with van der Waals surface area (Å²) < 4.78 is 13.6. The summed E-state index contributed by atoms with van der Waals surface area (Å²) in [6.07, 6.45) is 0. The van der Waals surface area contributed by atoms with Gasteiger partial charge < -0.3 is 10.2 Å². The Morgan fingerprint density at radius 3 is 2.60 bits per heavy atom. The van der Waals surface area contributed by atoms with Gasteiger partial charge in [-0.2, -0.15) is 0 Å². The first kappa shape index (κ1) is 15.5. The van der Waals surface area contributed by atoms with Crippen LogP contribution in [0.25, 0.3) is 0 Å². The first-order valence-electron chi connectivity index (χ1n) is 5.84. The lowest BCUT2D eigenvalue weighted by Crippen LogP contribution is -2.39. The number of rotatable bonds is 5. The minimum absolute atomic E-state index is 0.175. The number of hydrogen-bond donors (Lipinski definition) is 1. The molecular weight excluding hydrogens is 269 g/mol. The van der Waals surface area contributed by atoms with E-state index in [0.29, 0.717) is 0 Å². The van der Waals surface area contributed by atoms with Crippen molar-refractivity contribution >= 4 is 17.5 Å². The van der Waals surface area contributed by atoms with Gasteiger partial charge in [0.1, 0.15) is 5.82 Å². The summed E-state index contributed by atoms with van der Waals surface area (Å²) in [5, 5.41) is 13.0. The van der Waals surface area contributed by atoms with Gasteiger partial charge in [0.15, 0.2) is 0 Å². The molecule has 1 N–H and O–H groups in total. The fourth-order valence-corrected chi connectivity index (χ4v) is 1.54. The van der Waals surface area contributed by atoms with Crippen LogP contribution in [0.5, 0.6) is 0 Å². The minimum Gasteiger partial charge on any atom is -0.358 e. The van der Waals surface area contributed by atoms with Crippen molar-refractivity contribution in [2.75, 3.05) is 20.1 Å². The predicted octanol–water partition coefficient (Wildman–Crippen LogP) is 0.942. The standard InChI is InChI=1S/C12H14FN3O4/c1-3-15(7-11(17)14-2)12(18)9-6-8(16(19)20)4-5-10(9)13/h4-6H,3,7H2,1-2H3,(H,14,17).